The van der Waals surface area contributed by atoms with Gasteiger partial charge in [-0.25, -0.2) is 4.79 Å². The van der Waals surface area contributed by atoms with Crippen LogP contribution in [-0.4, -0.2) is 41.6 Å². The predicted molar refractivity (Wildman–Crippen MR) is 69.5 cm³/mol. The van der Waals surface area contributed by atoms with Crippen LogP contribution in [0.4, 0.5) is 4.79 Å². The highest BCUT2D eigenvalue weighted by Gasteiger charge is 2.41. The van der Waals surface area contributed by atoms with Crippen molar-refractivity contribution in [2.75, 3.05) is 19.6 Å². The SMILES string of the molecule is CCCC1(CNC(=O)N(CC)CCC(=O)O)CC1. The second-order valence-corrected chi connectivity index (χ2v) is 5.13. The van der Waals surface area contributed by atoms with Gasteiger partial charge < -0.3 is 15.3 Å². The molecule has 5 heteroatoms. The first-order valence-electron chi connectivity index (χ1n) is 6.77. The minimum atomic E-state index is -0.870. The molecule has 0 aromatic rings. The highest BCUT2D eigenvalue weighted by atomic mass is 16.4. The second-order valence-electron chi connectivity index (χ2n) is 5.13. The van der Waals surface area contributed by atoms with Gasteiger partial charge >= 0.3 is 12.0 Å². The Kier molecular flexibility index (Phi) is 5.44. The predicted octanol–water partition coefficient (Wildman–Crippen LogP) is 2.07. The Hall–Kier alpha value is -1.26. The number of aliphatic carboxylic acids is 1. The zero-order valence-corrected chi connectivity index (χ0v) is 11.4. The Balaban J connectivity index is 2.31. The van der Waals surface area contributed by atoms with Gasteiger partial charge in [0.15, 0.2) is 0 Å². The van der Waals surface area contributed by atoms with Crippen LogP contribution in [0, 0.1) is 5.41 Å². The monoisotopic (exact) mass is 256 g/mol. The molecule has 0 aromatic heterocycles. The molecule has 1 aliphatic rings. The summed E-state index contributed by atoms with van der Waals surface area (Å²) < 4.78 is 0. The lowest BCUT2D eigenvalue weighted by atomic mass is 10.0. The molecular weight excluding hydrogens is 232 g/mol. The van der Waals surface area contributed by atoms with Gasteiger partial charge in [-0.05, 0) is 31.6 Å². The van der Waals surface area contributed by atoms with E-state index in [2.05, 4.69) is 12.2 Å². The van der Waals surface area contributed by atoms with E-state index in [1.54, 1.807) is 4.90 Å². The molecule has 0 atom stereocenters. The average Bonchev–Trinajstić information content (AvgIpc) is 3.08. The van der Waals surface area contributed by atoms with Gasteiger partial charge in [0.1, 0.15) is 0 Å². The van der Waals surface area contributed by atoms with Crippen LogP contribution in [0.5, 0.6) is 0 Å². The van der Waals surface area contributed by atoms with E-state index < -0.39 is 5.97 Å². The number of nitrogens with zero attached hydrogens (tertiary/aromatic N) is 1. The summed E-state index contributed by atoms with van der Waals surface area (Å²) in [5.74, 6) is -0.870. The normalized spacial score (nSPS) is 16.1. The number of hydrogen-bond donors (Lipinski definition) is 2. The second kappa shape index (κ2) is 6.61. The fourth-order valence-corrected chi connectivity index (χ4v) is 2.23. The highest BCUT2D eigenvalue weighted by molar-refractivity contribution is 5.75. The molecule has 0 aliphatic heterocycles. The van der Waals surface area contributed by atoms with Crippen molar-refractivity contribution in [3.8, 4) is 0 Å². The number of carboxylic acids is 1. The van der Waals surface area contributed by atoms with Gasteiger partial charge in [0.2, 0.25) is 0 Å². The average molecular weight is 256 g/mol. The third-order valence-electron chi connectivity index (χ3n) is 3.62. The molecule has 1 aliphatic carbocycles. The molecule has 0 radical (unpaired) electrons. The first-order valence-corrected chi connectivity index (χ1v) is 6.77. The van der Waals surface area contributed by atoms with Gasteiger partial charge in [0.25, 0.3) is 0 Å². The zero-order chi connectivity index (χ0) is 13.6. The van der Waals surface area contributed by atoms with Crippen LogP contribution in [0.25, 0.3) is 0 Å². The fourth-order valence-electron chi connectivity index (χ4n) is 2.23. The van der Waals surface area contributed by atoms with Gasteiger partial charge in [0, 0.05) is 19.6 Å². The summed E-state index contributed by atoms with van der Waals surface area (Å²) in [6.45, 7) is 5.56. The third kappa shape index (κ3) is 4.55. The van der Waals surface area contributed by atoms with Crippen molar-refractivity contribution in [2.24, 2.45) is 5.41 Å². The van der Waals surface area contributed by atoms with Crippen molar-refractivity contribution in [2.45, 2.75) is 46.0 Å². The van der Waals surface area contributed by atoms with Crippen molar-refractivity contribution in [3.05, 3.63) is 0 Å². The molecule has 1 rings (SSSR count). The van der Waals surface area contributed by atoms with Gasteiger partial charge in [-0.15, -0.1) is 0 Å². The van der Waals surface area contributed by atoms with E-state index in [9.17, 15) is 9.59 Å². The number of carboxylic acid groups (broad SMARTS) is 1. The number of carbonyl (C=O) groups excluding carboxylic acids is 1. The van der Waals surface area contributed by atoms with Crippen LogP contribution in [0.1, 0.15) is 46.0 Å². The molecule has 0 saturated heterocycles. The van der Waals surface area contributed by atoms with Gasteiger partial charge in [-0.3, -0.25) is 4.79 Å². The Morgan fingerprint density at radius 3 is 2.44 bits per heavy atom. The minimum Gasteiger partial charge on any atom is -0.481 e. The molecule has 1 saturated carbocycles. The molecule has 2 amide bonds. The van der Waals surface area contributed by atoms with E-state index in [1.165, 1.54) is 12.8 Å². The number of hydrogen-bond acceptors (Lipinski definition) is 2. The molecule has 0 bridgehead atoms. The summed E-state index contributed by atoms with van der Waals surface area (Å²) in [6, 6.07) is -0.138. The number of nitrogens with one attached hydrogen (secondary N) is 1. The van der Waals surface area contributed by atoms with Crippen LogP contribution in [0.3, 0.4) is 0 Å². The summed E-state index contributed by atoms with van der Waals surface area (Å²) in [7, 11) is 0. The lowest BCUT2D eigenvalue weighted by molar-refractivity contribution is -0.137. The van der Waals surface area contributed by atoms with Gasteiger partial charge in [-0.2, -0.15) is 0 Å². The standard InChI is InChI=1S/C13H24N2O3/c1-3-6-13(7-8-13)10-14-12(18)15(4-2)9-5-11(16)17/h3-10H2,1-2H3,(H,14,18)(H,16,17). The van der Waals surface area contributed by atoms with E-state index in [0.717, 1.165) is 19.4 Å². The molecule has 18 heavy (non-hydrogen) atoms. The van der Waals surface area contributed by atoms with Crippen molar-refractivity contribution in [1.29, 1.82) is 0 Å². The lowest BCUT2D eigenvalue weighted by Gasteiger charge is -2.22. The Morgan fingerprint density at radius 2 is 2.00 bits per heavy atom. The van der Waals surface area contributed by atoms with Crippen molar-refractivity contribution >= 4 is 12.0 Å². The fraction of sp³-hybridized carbons (Fsp3) is 0.846. The van der Waals surface area contributed by atoms with Crippen LogP contribution in [-0.2, 0) is 4.79 Å². The maximum absolute atomic E-state index is 11.9. The van der Waals surface area contributed by atoms with Crippen LogP contribution in [0.15, 0.2) is 0 Å². The van der Waals surface area contributed by atoms with Gasteiger partial charge in [0.05, 0.1) is 6.42 Å². The smallest absolute Gasteiger partial charge is 0.317 e. The van der Waals surface area contributed by atoms with E-state index in [0.29, 0.717) is 12.0 Å². The summed E-state index contributed by atoms with van der Waals surface area (Å²) >= 11 is 0. The number of urea groups is 1. The van der Waals surface area contributed by atoms with Crippen molar-refractivity contribution in [3.63, 3.8) is 0 Å². The third-order valence-corrected chi connectivity index (χ3v) is 3.62. The van der Waals surface area contributed by atoms with E-state index >= 15 is 0 Å². The quantitative estimate of drug-likeness (QED) is 0.698. The molecule has 1 fully saturated rings. The molecule has 0 aromatic carbocycles. The largest absolute Gasteiger partial charge is 0.481 e. The summed E-state index contributed by atoms with van der Waals surface area (Å²) in [6.07, 6.45) is 4.70. The summed E-state index contributed by atoms with van der Waals surface area (Å²) in [4.78, 5) is 23.9. The maximum Gasteiger partial charge on any atom is 0.317 e. The van der Waals surface area contributed by atoms with Gasteiger partial charge in [-0.1, -0.05) is 13.3 Å². The Morgan fingerprint density at radius 1 is 1.33 bits per heavy atom. The first-order chi connectivity index (χ1) is 8.53. The van der Waals surface area contributed by atoms with Crippen LogP contribution < -0.4 is 5.32 Å². The van der Waals surface area contributed by atoms with Crippen molar-refractivity contribution in [1.82, 2.24) is 10.2 Å². The summed E-state index contributed by atoms with van der Waals surface area (Å²) in [5.41, 5.74) is 0.330. The maximum atomic E-state index is 11.9. The summed E-state index contributed by atoms with van der Waals surface area (Å²) in [5, 5.41) is 11.6. The molecule has 0 heterocycles. The molecule has 0 spiro atoms. The minimum absolute atomic E-state index is 0.00135. The number of amides is 2. The molecule has 2 N–H and O–H groups in total. The first kappa shape index (κ1) is 14.8. The molecular formula is C13H24N2O3. The van der Waals surface area contributed by atoms with E-state index in [4.69, 9.17) is 5.11 Å². The molecule has 5 nitrogen and oxygen atoms in total. The molecule has 104 valence electrons. The number of rotatable bonds is 8. The van der Waals surface area contributed by atoms with Crippen LogP contribution in [0.2, 0.25) is 0 Å². The Bertz CT molecular complexity index is 301. The lowest BCUT2D eigenvalue weighted by Crippen LogP contribution is -2.43. The van der Waals surface area contributed by atoms with Crippen molar-refractivity contribution < 1.29 is 14.7 Å². The van der Waals surface area contributed by atoms with Crippen LogP contribution >= 0.6 is 0 Å². The van der Waals surface area contributed by atoms with E-state index in [1.807, 2.05) is 6.92 Å². The highest BCUT2D eigenvalue weighted by Crippen LogP contribution is 2.48. The number of carbonyl (C=O) groups is 2. The topological polar surface area (TPSA) is 69.6 Å². The molecule has 0 unspecified atom stereocenters. The zero-order valence-electron chi connectivity index (χ0n) is 11.4. The Labute approximate surface area is 109 Å². The van der Waals surface area contributed by atoms with E-state index in [-0.39, 0.29) is 19.0 Å².